The molecule has 1 aliphatic rings. The third-order valence-electron chi connectivity index (χ3n) is 14.2. The molecule has 6 aromatic rings. The third kappa shape index (κ3) is 15.5. The maximum absolute atomic E-state index is 15.4. The normalized spacial score (nSPS) is 15.2. The average Bonchev–Trinajstić information content (AvgIpc) is 3.75. The number of nitrogens with zero attached hydrogens (tertiary/aromatic N) is 3. The molecular formula is C61H73N6O9P. The van der Waals surface area contributed by atoms with E-state index in [9.17, 15) is 23.9 Å². The fourth-order valence-electron chi connectivity index (χ4n) is 10.6. The minimum absolute atomic E-state index is 0.0283. The lowest BCUT2D eigenvalue weighted by molar-refractivity contribution is -0.131. The van der Waals surface area contributed by atoms with Gasteiger partial charge in [-0.25, -0.2) is 14.2 Å². The number of amides is 5. The summed E-state index contributed by atoms with van der Waals surface area (Å²) in [4.78, 5) is 88.2. The fourth-order valence-corrected chi connectivity index (χ4v) is 11.1. The van der Waals surface area contributed by atoms with Gasteiger partial charge in [0.1, 0.15) is 12.1 Å². The molecule has 0 saturated carbocycles. The lowest BCUT2D eigenvalue weighted by Gasteiger charge is -2.46. The molecule has 5 atom stereocenters. The minimum atomic E-state index is -5.42. The number of methoxy groups -OCH3 is 1. The highest BCUT2D eigenvalue weighted by Gasteiger charge is 2.49. The summed E-state index contributed by atoms with van der Waals surface area (Å²) in [5.41, 5.74) is 2.90. The van der Waals surface area contributed by atoms with Crippen LogP contribution in [-0.2, 0) is 54.6 Å². The molecule has 5 N–H and O–H groups in total. The predicted octanol–water partition coefficient (Wildman–Crippen LogP) is 9.68. The van der Waals surface area contributed by atoms with Gasteiger partial charge in [-0.2, -0.15) is 0 Å². The van der Waals surface area contributed by atoms with Gasteiger partial charge in [0, 0.05) is 42.9 Å². The molecule has 0 radical (unpaired) electrons. The SMILES string of the molecule is COC(=O)N[C@H](C(=O)NC(CC(OP(=O)(O)O)C(Cc1ccccc1)NC(=O)C(N1CCN(Cc2ccccc2)C1=O)C(C)(C)C)C(Cc1ccccc1)(Cc1ccccc1)c1ccc(-c2ccccn2)cc1)C(C)(C)C. The van der Waals surface area contributed by atoms with E-state index < -0.39 is 72.2 Å². The van der Waals surface area contributed by atoms with Crippen LogP contribution in [0.3, 0.4) is 0 Å². The Morgan fingerprint density at radius 1 is 0.649 bits per heavy atom. The second-order valence-corrected chi connectivity index (χ2v) is 23.3. The van der Waals surface area contributed by atoms with Crippen LogP contribution >= 0.6 is 7.82 Å². The van der Waals surface area contributed by atoms with E-state index in [4.69, 9.17) is 9.26 Å². The van der Waals surface area contributed by atoms with Crippen LogP contribution in [0.1, 0.15) is 75.8 Å². The van der Waals surface area contributed by atoms with Gasteiger partial charge in [-0.15, -0.1) is 0 Å². The van der Waals surface area contributed by atoms with Crippen molar-refractivity contribution in [2.75, 3.05) is 20.2 Å². The molecule has 5 amide bonds. The standard InChI is InChI=1S/C61H73N6O9P/c1-59(2,3)53(65-57(70)75-7)55(68)64-52(61(40-44-24-14-9-15-25-44,41-45-26-16-10-17-27-45)48-33-31-47(32-34-48)49-30-20-21-35-62-49)39-51(76-77(72,73)74)50(38-43-22-12-8-13-23-43)63-56(69)54(60(4,5)6)67-37-36-66(58(67)71)42-46-28-18-11-19-29-46/h8-35,50-54H,36-42H2,1-7H3,(H,63,69)(H,64,68)(H,65,70)(H2,72,73,74)/t50?,51?,52?,53-,54?/m1/s1. The van der Waals surface area contributed by atoms with E-state index in [1.807, 2.05) is 205 Å². The van der Waals surface area contributed by atoms with E-state index in [2.05, 4.69) is 20.9 Å². The van der Waals surface area contributed by atoms with E-state index in [1.165, 1.54) is 7.11 Å². The molecule has 15 nitrogen and oxygen atoms in total. The highest BCUT2D eigenvalue weighted by molar-refractivity contribution is 7.46. The number of pyridine rings is 1. The van der Waals surface area contributed by atoms with Gasteiger partial charge in [0.2, 0.25) is 11.8 Å². The number of rotatable bonds is 22. The molecule has 16 heteroatoms. The molecule has 1 fully saturated rings. The number of phosphoric ester groups is 1. The highest BCUT2D eigenvalue weighted by Crippen LogP contribution is 2.44. The lowest BCUT2D eigenvalue weighted by atomic mass is 9.64. The molecule has 1 saturated heterocycles. The molecule has 77 heavy (non-hydrogen) atoms. The molecule has 7 rings (SSSR count). The van der Waals surface area contributed by atoms with E-state index in [1.54, 1.807) is 16.0 Å². The Morgan fingerprint density at radius 2 is 1.18 bits per heavy atom. The Balaban J connectivity index is 1.42. The number of urea groups is 1. The van der Waals surface area contributed by atoms with Gasteiger partial charge >= 0.3 is 19.9 Å². The van der Waals surface area contributed by atoms with Crippen molar-refractivity contribution in [2.24, 2.45) is 10.8 Å². The van der Waals surface area contributed by atoms with Crippen molar-refractivity contribution in [3.63, 3.8) is 0 Å². The van der Waals surface area contributed by atoms with Gasteiger partial charge in [-0.05, 0) is 76.5 Å². The van der Waals surface area contributed by atoms with Crippen LogP contribution in [0.4, 0.5) is 9.59 Å². The van der Waals surface area contributed by atoms with Crippen LogP contribution in [0.2, 0.25) is 0 Å². The fraction of sp³-hybridized carbons (Fsp3) is 0.361. The largest absolute Gasteiger partial charge is 0.469 e. The molecule has 2 heterocycles. The number of ether oxygens (including phenoxy) is 1. The summed E-state index contributed by atoms with van der Waals surface area (Å²) in [5.74, 6) is -1.14. The summed E-state index contributed by atoms with van der Waals surface area (Å²) >= 11 is 0. The van der Waals surface area contributed by atoms with Gasteiger partial charge in [0.05, 0.1) is 24.9 Å². The summed E-state index contributed by atoms with van der Waals surface area (Å²) in [7, 11) is -4.21. The smallest absolute Gasteiger partial charge is 0.453 e. The van der Waals surface area contributed by atoms with Gasteiger partial charge < -0.3 is 40.3 Å². The van der Waals surface area contributed by atoms with Gasteiger partial charge in [0.25, 0.3) is 0 Å². The Morgan fingerprint density at radius 3 is 1.68 bits per heavy atom. The van der Waals surface area contributed by atoms with Crippen LogP contribution in [0, 0.1) is 10.8 Å². The average molecular weight is 1070 g/mol. The van der Waals surface area contributed by atoms with E-state index in [-0.39, 0.29) is 38.3 Å². The zero-order chi connectivity index (χ0) is 55.4. The topological polar surface area (TPSA) is 200 Å². The first-order valence-corrected chi connectivity index (χ1v) is 27.6. The zero-order valence-corrected chi connectivity index (χ0v) is 45.9. The number of hydrogen-bond donors (Lipinski definition) is 5. The third-order valence-corrected chi connectivity index (χ3v) is 14.8. The molecule has 1 aliphatic heterocycles. The second kappa shape index (κ2) is 25.3. The van der Waals surface area contributed by atoms with Crippen LogP contribution in [0.15, 0.2) is 170 Å². The summed E-state index contributed by atoms with van der Waals surface area (Å²) in [6.07, 6.45) is -0.334. The van der Waals surface area contributed by atoms with Crippen LogP contribution in [-0.4, -0.2) is 99.0 Å². The molecular weight excluding hydrogens is 992 g/mol. The van der Waals surface area contributed by atoms with Crippen molar-refractivity contribution < 1.29 is 42.8 Å². The summed E-state index contributed by atoms with van der Waals surface area (Å²) < 4.78 is 24.7. The molecule has 0 spiro atoms. The first-order chi connectivity index (χ1) is 36.6. The van der Waals surface area contributed by atoms with Crippen molar-refractivity contribution in [3.05, 3.63) is 198 Å². The number of nitrogens with one attached hydrogen (secondary N) is 3. The summed E-state index contributed by atoms with van der Waals surface area (Å²) in [5, 5.41) is 9.31. The lowest BCUT2D eigenvalue weighted by Crippen LogP contribution is -2.62. The monoisotopic (exact) mass is 1060 g/mol. The quantitative estimate of drug-likeness (QED) is 0.0408. The van der Waals surface area contributed by atoms with Gasteiger partial charge in [-0.1, -0.05) is 193 Å². The number of alkyl carbamates (subject to hydrolysis) is 1. The van der Waals surface area contributed by atoms with E-state index >= 15 is 9.59 Å². The number of carbonyl (C=O) groups is 4. The number of hydrogen-bond acceptors (Lipinski definition) is 8. The maximum atomic E-state index is 15.4. The Kier molecular flexibility index (Phi) is 18.9. The van der Waals surface area contributed by atoms with Gasteiger partial charge in [-0.3, -0.25) is 19.1 Å². The maximum Gasteiger partial charge on any atom is 0.469 e. The van der Waals surface area contributed by atoms with Crippen LogP contribution < -0.4 is 16.0 Å². The number of phosphoric acid groups is 1. The van der Waals surface area contributed by atoms with Crippen LogP contribution in [0.25, 0.3) is 11.3 Å². The molecule has 0 bridgehead atoms. The molecule has 5 aromatic carbocycles. The highest BCUT2D eigenvalue weighted by atomic mass is 31.2. The molecule has 406 valence electrons. The van der Waals surface area contributed by atoms with Crippen LogP contribution in [0.5, 0.6) is 0 Å². The first-order valence-electron chi connectivity index (χ1n) is 26.1. The molecule has 1 aromatic heterocycles. The zero-order valence-electron chi connectivity index (χ0n) is 45.0. The Bertz CT molecular complexity index is 2880. The second-order valence-electron chi connectivity index (χ2n) is 22.1. The summed E-state index contributed by atoms with van der Waals surface area (Å²) in [6.45, 7) is 12.0. The van der Waals surface area contributed by atoms with Crippen molar-refractivity contribution in [2.45, 2.75) is 109 Å². The Labute approximate surface area is 453 Å². The van der Waals surface area contributed by atoms with Gasteiger partial charge in [0.15, 0.2) is 0 Å². The number of aromatic nitrogens is 1. The van der Waals surface area contributed by atoms with Crippen molar-refractivity contribution in [3.8, 4) is 11.3 Å². The summed E-state index contributed by atoms with van der Waals surface area (Å²) in [6, 6.07) is 47.1. The predicted molar refractivity (Wildman–Crippen MR) is 298 cm³/mol. The number of carbonyl (C=O) groups excluding carboxylic acids is 4. The van der Waals surface area contributed by atoms with Crippen molar-refractivity contribution in [1.29, 1.82) is 0 Å². The first kappa shape index (κ1) is 57.5. The molecule has 0 aliphatic carbocycles. The van der Waals surface area contributed by atoms with E-state index in [0.717, 1.165) is 39.1 Å². The van der Waals surface area contributed by atoms with E-state index in [0.29, 0.717) is 13.1 Å². The molecule has 4 unspecified atom stereocenters. The number of benzene rings is 5. The van der Waals surface area contributed by atoms with Crippen molar-refractivity contribution in [1.82, 2.24) is 30.7 Å². The van der Waals surface area contributed by atoms with Crippen molar-refractivity contribution >= 4 is 31.8 Å². The Hall–Kier alpha value is -7.16. The minimum Gasteiger partial charge on any atom is -0.453 e.